The predicted molar refractivity (Wildman–Crippen MR) is 118 cm³/mol. The van der Waals surface area contributed by atoms with E-state index in [1.807, 2.05) is 49.4 Å². The highest BCUT2D eigenvalue weighted by Crippen LogP contribution is 2.31. The van der Waals surface area contributed by atoms with Crippen molar-refractivity contribution >= 4 is 23.0 Å². The zero-order valence-corrected chi connectivity index (χ0v) is 17.8. The van der Waals surface area contributed by atoms with Gasteiger partial charge in [0, 0.05) is 13.0 Å². The third kappa shape index (κ3) is 4.31. The van der Waals surface area contributed by atoms with E-state index in [1.165, 1.54) is 13.3 Å². The van der Waals surface area contributed by atoms with Gasteiger partial charge in [-0.1, -0.05) is 12.1 Å². The van der Waals surface area contributed by atoms with Gasteiger partial charge in [0.2, 0.25) is 5.91 Å². The molecule has 3 aromatic rings. The van der Waals surface area contributed by atoms with Gasteiger partial charge in [-0.25, -0.2) is 0 Å². The second kappa shape index (κ2) is 8.13. The largest absolute Gasteiger partial charge is 0.490 e. The van der Waals surface area contributed by atoms with E-state index in [0.717, 1.165) is 54.1 Å². The molecule has 2 fully saturated rings. The maximum absolute atomic E-state index is 11.3. The van der Waals surface area contributed by atoms with Crippen molar-refractivity contribution in [2.75, 3.05) is 18.0 Å². The Morgan fingerprint density at radius 2 is 1.87 bits per heavy atom. The van der Waals surface area contributed by atoms with Gasteiger partial charge in [0.25, 0.3) is 6.01 Å². The van der Waals surface area contributed by atoms with E-state index >= 15 is 0 Å². The van der Waals surface area contributed by atoms with Crippen LogP contribution in [0.3, 0.4) is 0 Å². The number of fused-ring (bicyclic) bond motifs is 1. The van der Waals surface area contributed by atoms with Gasteiger partial charge in [0.15, 0.2) is 5.58 Å². The van der Waals surface area contributed by atoms with Crippen LogP contribution in [0.25, 0.3) is 11.1 Å². The Bertz CT molecular complexity index is 1090. The highest BCUT2D eigenvalue weighted by Gasteiger charge is 2.32. The minimum atomic E-state index is -0.0822. The number of carbonyl (C=O) groups excluding carboxylic acids is 1. The molecule has 1 aliphatic carbocycles. The molecule has 1 N–H and O–H groups in total. The van der Waals surface area contributed by atoms with Crippen LogP contribution in [0, 0.1) is 0 Å². The summed E-state index contributed by atoms with van der Waals surface area (Å²) in [5.41, 5.74) is 2.51. The van der Waals surface area contributed by atoms with Crippen molar-refractivity contribution in [2.24, 2.45) is 0 Å². The Labute approximate surface area is 181 Å². The number of aromatic nitrogens is 1. The molecule has 7 heteroatoms. The average Bonchev–Trinajstić information content (AvgIpc) is 3.09. The summed E-state index contributed by atoms with van der Waals surface area (Å²) in [6.45, 7) is 4.90. The average molecular weight is 421 g/mol. The zero-order chi connectivity index (χ0) is 21.4. The molecule has 0 radical (unpaired) electrons. The molecule has 31 heavy (non-hydrogen) atoms. The molecule has 0 bridgehead atoms. The first-order valence-corrected chi connectivity index (χ1v) is 10.9. The first-order valence-electron chi connectivity index (χ1n) is 10.9. The highest BCUT2D eigenvalue weighted by molar-refractivity contribution is 5.77. The minimum Gasteiger partial charge on any atom is -0.490 e. The molecule has 1 aliphatic heterocycles. The molecule has 2 aromatic carbocycles. The standard InChI is InChI=1S/C24H27N3O4/c1-15(25-16(2)28)17-9-10-22-23(11-17)31-24(26-22)27-13-21(14-27)30-20-8-4-7-19(12-20)29-18-5-3-6-18/h4,7-12,15,18,21H,3,5-6,13-14H2,1-2H3,(H,25,28). The van der Waals surface area contributed by atoms with Crippen molar-refractivity contribution in [1.29, 1.82) is 0 Å². The first kappa shape index (κ1) is 19.7. The van der Waals surface area contributed by atoms with E-state index in [1.54, 1.807) is 0 Å². The molecule has 1 aromatic heterocycles. The number of hydrogen-bond donors (Lipinski definition) is 1. The molecular weight excluding hydrogens is 394 g/mol. The number of amides is 1. The maximum Gasteiger partial charge on any atom is 0.298 e. The molecule has 5 rings (SSSR count). The van der Waals surface area contributed by atoms with Crippen LogP contribution in [-0.4, -0.2) is 36.2 Å². The van der Waals surface area contributed by atoms with Crippen LogP contribution >= 0.6 is 0 Å². The van der Waals surface area contributed by atoms with Gasteiger partial charge in [-0.15, -0.1) is 0 Å². The predicted octanol–water partition coefficient (Wildman–Crippen LogP) is 4.22. The molecule has 1 unspecified atom stereocenters. The summed E-state index contributed by atoms with van der Waals surface area (Å²) in [6, 6.07) is 14.2. The van der Waals surface area contributed by atoms with Crippen LogP contribution in [0.2, 0.25) is 0 Å². The van der Waals surface area contributed by atoms with Crippen LogP contribution in [-0.2, 0) is 4.79 Å². The summed E-state index contributed by atoms with van der Waals surface area (Å²) < 4.78 is 18.0. The van der Waals surface area contributed by atoms with E-state index < -0.39 is 0 Å². The Morgan fingerprint density at radius 1 is 1.13 bits per heavy atom. The fourth-order valence-corrected chi connectivity index (χ4v) is 3.89. The SMILES string of the molecule is CC(=O)NC(C)c1ccc2nc(N3CC(Oc4cccc(OC5CCC5)c4)C3)oc2c1. The van der Waals surface area contributed by atoms with E-state index in [0.29, 0.717) is 12.1 Å². The number of benzene rings is 2. The van der Waals surface area contributed by atoms with Crippen LogP contribution in [0.1, 0.15) is 44.7 Å². The second-order valence-corrected chi connectivity index (χ2v) is 8.44. The molecular formula is C24H27N3O4. The van der Waals surface area contributed by atoms with Crippen LogP contribution < -0.4 is 19.7 Å². The van der Waals surface area contributed by atoms with E-state index in [2.05, 4.69) is 15.2 Å². The Hall–Kier alpha value is -3.22. The number of nitrogens with one attached hydrogen (secondary N) is 1. The lowest BCUT2D eigenvalue weighted by Gasteiger charge is -2.37. The number of ether oxygens (including phenoxy) is 2. The summed E-state index contributed by atoms with van der Waals surface area (Å²) in [6.07, 6.45) is 3.98. The summed E-state index contributed by atoms with van der Waals surface area (Å²) in [4.78, 5) is 18.0. The van der Waals surface area contributed by atoms with Gasteiger partial charge in [0.05, 0.1) is 25.2 Å². The third-order valence-electron chi connectivity index (χ3n) is 5.90. The van der Waals surface area contributed by atoms with Gasteiger partial charge in [0.1, 0.15) is 23.1 Å². The summed E-state index contributed by atoms with van der Waals surface area (Å²) in [5.74, 6) is 1.65. The second-order valence-electron chi connectivity index (χ2n) is 8.44. The molecule has 1 amide bonds. The Morgan fingerprint density at radius 3 is 2.55 bits per heavy atom. The normalized spacial score (nSPS) is 17.7. The van der Waals surface area contributed by atoms with Crippen molar-refractivity contribution in [3.63, 3.8) is 0 Å². The molecule has 1 saturated heterocycles. The lowest BCUT2D eigenvalue weighted by Crippen LogP contribution is -2.54. The monoisotopic (exact) mass is 421 g/mol. The molecule has 7 nitrogen and oxygen atoms in total. The van der Waals surface area contributed by atoms with Crippen molar-refractivity contribution in [3.05, 3.63) is 48.0 Å². The lowest BCUT2D eigenvalue weighted by atomic mass is 9.96. The fourth-order valence-electron chi connectivity index (χ4n) is 3.89. The van der Waals surface area contributed by atoms with E-state index in [4.69, 9.17) is 13.9 Å². The van der Waals surface area contributed by atoms with Crippen molar-refractivity contribution in [3.8, 4) is 11.5 Å². The number of rotatable bonds is 7. The number of nitrogens with zero attached hydrogens (tertiary/aromatic N) is 2. The number of carbonyl (C=O) groups is 1. The zero-order valence-electron chi connectivity index (χ0n) is 17.8. The van der Waals surface area contributed by atoms with Gasteiger partial charge < -0.3 is 24.1 Å². The number of hydrogen-bond acceptors (Lipinski definition) is 6. The molecule has 1 atom stereocenters. The molecule has 0 spiro atoms. The van der Waals surface area contributed by atoms with Crippen molar-refractivity contribution in [1.82, 2.24) is 10.3 Å². The molecule has 162 valence electrons. The smallest absolute Gasteiger partial charge is 0.298 e. The molecule has 2 heterocycles. The number of oxazole rings is 1. The fraction of sp³-hybridized carbons (Fsp3) is 0.417. The summed E-state index contributed by atoms with van der Waals surface area (Å²) in [5, 5.41) is 2.89. The summed E-state index contributed by atoms with van der Waals surface area (Å²) >= 11 is 0. The quantitative estimate of drug-likeness (QED) is 0.615. The summed E-state index contributed by atoms with van der Waals surface area (Å²) in [7, 11) is 0. The van der Waals surface area contributed by atoms with Crippen molar-refractivity contribution < 1.29 is 18.7 Å². The minimum absolute atomic E-state index is 0.0578. The number of anilines is 1. The lowest BCUT2D eigenvalue weighted by molar-refractivity contribution is -0.119. The van der Waals surface area contributed by atoms with Gasteiger partial charge in [-0.3, -0.25) is 4.79 Å². The maximum atomic E-state index is 11.3. The molecule has 1 saturated carbocycles. The Kier molecular flexibility index (Phi) is 5.18. The van der Waals surface area contributed by atoms with Crippen LogP contribution in [0.5, 0.6) is 11.5 Å². The topological polar surface area (TPSA) is 76.8 Å². The van der Waals surface area contributed by atoms with Crippen LogP contribution in [0.15, 0.2) is 46.9 Å². The van der Waals surface area contributed by atoms with Crippen LogP contribution in [0.4, 0.5) is 6.01 Å². The highest BCUT2D eigenvalue weighted by atomic mass is 16.5. The van der Waals surface area contributed by atoms with E-state index in [9.17, 15) is 4.79 Å². The third-order valence-corrected chi connectivity index (χ3v) is 5.90. The first-order chi connectivity index (χ1) is 15.0. The van der Waals surface area contributed by atoms with Gasteiger partial charge >= 0.3 is 0 Å². The van der Waals surface area contributed by atoms with E-state index in [-0.39, 0.29) is 18.1 Å². The Balaban J connectivity index is 1.19. The van der Waals surface area contributed by atoms with Gasteiger partial charge in [-0.05, 0) is 56.0 Å². The molecule has 2 aliphatic rings. The van der Waals surface area contributed by atoms with Gasteiger partial charge in [-0.2, -0.15) is 4.98 Å². The van der Waals surface area contributed by atoms with Crippen molar-refractivity contribution in [2.45, 2.75) is 51.4 Å².